The number of nitrogens with one attached hydrogen (secondary N) is 1. The molecule has 3 rings (SSSR count). The van der Waals surface area contributed by atoms with Crippen molar-refractivity contribution in [1.82, 2.24) is 24.8 Å². The van der Waals surface area contributed by atoms with Gasteiger partial charge in [-0.25, -0.2) is 9.97 Å². The van der Waals surface area contributed by atoms with Gasteiger partial charge in [0.15, 0.2) is 0 Å². The average Bonchev–Trinajstić information content (AvgIpc) is 2.92. The highest BCUT2D eigenvalue weighted by Gasteiger charge is 2.19. The Morgan fingerprint density at radius 1 is 1.10 bits per heavy atom. The number of hydrogen-bond acceptors (Lipinski definition) is 5. The molecule has 1 N–H and O–H groups in total. The van der Waals surface area contributed by atoms with E-state index in [1.807, 2.05) is 11.1 Å². The first kappa shape index (κ1) is 17.6. The van der Waals surface area contributed by atoms with Crippen LogP contribution in [0.3, 0.4) is 0 Å². The van der Waals surface area contributed by atoms with Crippen molar-refractivity contribution < 1.29 is 4.39 Å². The van der Waals surface area contributed by atoms with Gasteiger partial charge in [-0.05, 0) is 0 Å². The number of imidazole rings is 1. The molecule has 0 aliphatic carbocycles. The summed E-state index contributed by atoms with van der Waals surface area (Å²) in [7, 11) is 0. The molecule has 116 valence electrons. The smallest absolute Gasteiger partial charge is 0.228 e. The summed E-state index contributed by atoms with van der Waals surface area (Å²) in [5.74, 6) is 0.955. The topological polar surface area (TPSA) is 60.9 Å². The standard InChI is InChI=1S/C12H15FN6.2ClH/c13-10-1-2-16-12(17-10)19-7-5-18(6-8-19)9-11-14-3-4-15-11;;/h1-4H,5-9H2,(H,14,15);2*1H. The Bertz CT molecular complexity index is 530. The number of rotatable bonds is 3. The van der Waals surface area contributed by atoms with Crippen molar-refractivity contribution in [2.75, 3.05) is 31.1 Å². The molecule has 0 bridgehead atoms. The molecule has 0 unspecified atom stereocenters. The van der Waals surface area contributed by atoms with Gasteiger partial charge in [0.25, 0.3) is 0 Å². The zero-order valence-corrected chi connectivity index (χ0v) is 12.9. The zero-order chi connectivity index (χ0) is 13.1. The summed E-state index contributed by atoms with van der Waals surface area (Å²) < 4.78 is 13.1. The molecule has 6 nitrogen and oxygen atoms in total. The van der Waals surface area contributed by atoms with Gasteiger partial charge in [-0.2, -0.15) is 9.37 Å². The molecule has 0 spiro atoms. The summed E-state index contributed by atoms with van der Waals surface area (Å²) >= 11 is 0. The van der Waals surface area contributed by atoms with Crippen LogP contribution in [0.2, 0.25) is 0 Å². The van der Waals surface area contributed by atoms with Crippen LogP contribution in [0.5, 0.6) is 0 Å². The van der Waals surface area contributed by atoms with E-state index in [1.54, 1.807) is 6.20 Å². The minimum Gasteiger partial charge on any atom is -0.348 e. The number of anilines is 1. The number of H-pyrrole nitrogens is 1. The summed E-state index contributed by atoms with van der Waals surface area (Å²) in [5, 5.41) is 0. The molecule has 2 aromatic heterocycles. The van der Waals surface area contributed by atoms with Gasteiger partial charge in [0.1, 0.15) is 5.82 Å². The monoisotopic (exact) mass is 334 g/mol. The number of aromatic nitrogens is 4. The Hall–Kier alpha value is -1.44. The zero-order valence-electron chi connectivity index (χ0n) is 11.3. The second-order valence-electron chi connectivity index (χ2n) is 4.48. The van der Waals surface area contributed by atoms with Crippen LogP contribution in [0.15, 0.2) is 24.7 Å². The fourth-order valence-corrected chi connectivity index (χ4v) is 2.18. The molecule has 2 aromatic rings. The fourth-order valence-electron chi connectivity index (χ4n) is 2.18. The van der Waals surface area contributed by atoms with Crippen molar-refractivity contribution in [3.8, 4) is 0 Å². The lowest BCUT2D eigenvalue weighted by Gasteiger charge is -2.34. The lowest BCUT2D eigenvalue weighted by Crippen LogP contribution is -2.46. The highest BCUT2D eigenvalue weighted by molar-refractivity contribution is 5.85. The van der Waals surface area contributed by atoms with Crippen LogP contribution < -0.4 is 4.90 Å². The van der Waals surface area contributed by atoms with Gasteiger partial charge in [0.2, 0.25) is 11.9 Å². The van der Waals surface area contributed by atoms with Crippen LogP contribution in [0.4, 0.5) is 10.3 Å². The van der Waals surface area contributed by atoms with Crippen molar-refractivity contribution in [3.63, 3.8) is 0 Å². The number of aromatic amines is 1. The molecule has 1 saturated heterocycles. The van der Waals surface area contributed by atoms with E-state index in [0.717, 1.165) is 38.5 Å². The first-order valence-electron chi connectivity index (χ1n) is 6.25. The van der Waals surface area contributed by atoms with E-state index >= 15 is 0 Å². The summed E-state index contributed by atoms with van der Waals surface area (Å²) in [6, 6.07) is 1.26. The Morgan fingerprint density at radius 3 is 2.48 bits per heavy atom. The summed E-state index contributed by atoms with van der Waals surface area (Å²) in [4.78, 5) is 19.5. The van der Waals surface area contributed by atoms with Gasteiger partial charge in [-0.15, -0.1) is 24.8 Å². The van der Waals surface area contributed by atoms with Crippen LogP contribution in [-0.4, -0.2) is 51.0 Å². The van der Waals surface area contributed by atoms with Gasteiger partial charge in [0.05, 0.1) is 6.54 Å². The molecule has 21 heavy (non-hydrogen) atoms. The minimum absolute atomic E-state index is 0. The van der Waals surface area contributed by atoms with Gasteiger partial charge >= 0.3 is 0 Å². The van der Waals surface area contributed by atoms with Gasteiger partial charge in [0, 0.05) is 50.8 Å². The van der Waals surface area contributed by atoms with Gasteiger partial charge in [-0.1, -0.05) is 0 Å². The van der Waals surface area contributed by atoms with Crippen LogP contribution in [0.25, 0.3) is 0 Å². The van der Waals surface area contributed by atoms with Crippen molar-refractivity contribution in [1.29, 1.82) is 0 Å². The van der Waals surface area contributed by atoms with E-state index in [0.29, 0.717) is 5.95 Å². The number of hydrogen-bond donors (Lipinski definition) is 1. The predicted molar refractivity (Wildman–Crippen MR) is 82.6 cm³/mol. The van der Waals surface area contributed by atoms with Crippen LogP contribution in [-0.2, 0) is 6.54 Å². The maximum Gasteiger partial charge on any atom is 0.228 e. The van der Waals surface area contributed by atoms with Crippen molar-refractivity contribution in [3.05, 3.63) is 36.4 Å². The third-order valence-electron chi connectivity index (χ3n) is 3.19. The number of piperazine rings is 1. The van der Waals surface area contributed by atoms with Crippen molar-refractivity contribution in [2.24, 2.45) is 0 Å². The first-order valence-corrected chi connectivity index (χ1v) is 6.25. The lowest BCUT2D eigenvalue weighted by molar-refractivity contribution is 0.243. The van der Waals surface area contributed by atoms with Crippen molar-refractivity contribution in [2.45, 2.75) is 6.54 Å². The third kappa shape index (κ3) is 4.52. The molecule has 0 amide bonds. The minimum atomic E-state index is -0.483. The van der Waals surface area contributed by atoms with E-state index in [9.17, 15) is 4.39 Å². The number of halogens is 3. The molecule has 1 fully saturated rings. The van der Waals surface area contributed by atoms with E-state index < -0.39 is 5.95 Å². The third-order valence-corrected chi connectivity index (χ3v) is 3.19. The molecule has 1 aliphatic rings. The number of nitrogens with zero attached hydrogens (tertiary/aromatic N) is 5. The maximum atomic E-state index is 13.1. The lowest BCUT2D eigenvalue weighted by atomic mass is 10.3. The molecular weight excluding hydrogens is 318 g/mol. The normalized spacial score (nSPS) is 15.2. The molecular formula is C12H17Cl2FN6. The van der Waals surface area contributed by atoms with E-state index in [4.69, 9.17) is 0 Å². The predicted octanol–water partition coefficient (Wildman–Crippen LogP) is 1.50. The highest BCUT2D eigenvalue weighted by atomic mass is 35.5. The molecule has 0 saturated carbocycles. The largest absolute Gasteiger partial charge is 0.348 e. The van der Waals surface area contributed by atoms with Gasteiger partial charge in [-0.3, -0.25) is 4.90 Å². The summed E-state index contributed by atoms with van der Waals surface area (Å²) in [6.45, 7) is 4.18. The molecule has 0 radical (unpaired) electrons. The molecule has 9 heteroatoms. The van der Waals surface area contributed by atoms with Crippen LogP contribution >= 0.6 is 24.8 Å². The highest BCUT2D eigenvalue weighted by Crippen LogP contribution is 2.11. The van der Waals surface area contributed by atoms with Crippen LogP contribution in [0.1, 0.15) is 5.82 Å². The van der Waals surface area contributed by atoms with Crippen LogP contribution in [0, 0.1) is 5.95 Å². The van der Waals surface area contributed by atoms with E-state index in [-0.39, 0.29) is 24.8 Å². The average molecular weight is 335 g/mol. The second-order valence-corrected chi connectivity index (χ2v) is 4.48. The molecule has 1 aliphatic heterocycles. The van der Waals surface area contributed by atoms with Gasteiger partial charge < -0.3 is 9.88 Å². The fraction of sp³-hybridized carbons (Fsp3) is 0.417. The Morgan fingerprint density at radius 2 is 1.86 bits per heavy atom. The SMILES string of the molecule is Cl.Cl.Fc1ccnc(N2CCN(Cc3ncc[nH]3)CC2)n1. The Labute approximate surface area is 134 Å². The quantitative estimate of drug-likeness (QED) is 0.862. The Kier molecular flexibility index (Phi) is 6.80. The molecule has 3 heterocycles. The molecule has 0 aromatic carbocycles. The Balaban J connectivity index is 0.00000110. The maximum absolute atomic E-state index is 13.1. The van der Waals surface area contributed by atoms with E-state index in [1.165, 1.54) is 12.3 Å². The van der Waals surface area contributed by atoms with Crippen molar-refractivity contribution >= 4 is 30.8 Å². The first-order chi connectivity index (χ1) is 9.31. The summed E-state index contributed by atoms with van der Waals surface area (Å²) in [5.41, 5.74) is 0. The van der Waals surface area contributed by atoms with E-state index in [2.05, 4.69) is 24.8 Å². The second kappa shape index (κ2) is 8.11. The molecule has 0 atom stereocenters. The summed E-state index contributed by atoms with van der Waals surface area (Å²) in [6.07, 6.45) is 5.03.